The number of hydrogen-bond donors (Lipinski definition) is 1. The molecule has 2 rings (SSSR count). The largest absolute Gasteiger partial charge is 0.379 e. The number of carbonyl (C=O) groups is 2. The molecule has 0 unspecified atom stereocenters. The summed E-state index contributed by atoms with van der Waals surface area (Å²) in [5.74, 6) is -1.04. The Morgan fingerprint density at radius 3 is 2.70 bits per heavy atom. The number of ether oxygens (including phenoxy) is 1. The summed E-state index contributed by atoms with van der Waals surface area (Å²) in [4.78, 5) is 26.1. The number of amides is 1. The van der Waals surface area contributed by atoms with Gasteiger partial charge in [0, 0.05) is 38.9 Å². The van der Waals surface area contributed by atoms with E-state index in [-0.39, 0.29) is 6.04 Å². The van der Waals surface area contributed by atoms with Crippen molar-refractivity contribution in [2.45, 2.75) is 13.0 Å². The highest BCUT2D eigenvalue weighted by molar-refractivity contribution is 6.42. The van der Waals surface area contributed by atoms with Crippen LogP contribution in [-0.2, 0) is 16.6 Å². The number of carbonyl (C=O) groups excluding carboxylic acids is 2. The van der Waals surface area contributed by atoms with E-state index >= 15 is 0 Å². The molecule has 0 aliphatic carbocycles. The Bertz CT molecular complexity index is 478. The van der Waals surface area contributed by atoms with Crippen molar-refractivity contribution in [3.05, 3.63) is 24.0 Å². The first-order chi connectivity index (χ1) is 9.58. The van der Waals surface area contributed by atoms with E-state index < -0.39 is 11.7 Å². The van der Waals surface area contributed by atoms with Gasteiger partial charge in [0.2, 0.25) is 0 Å². The van der Waals surface area contributed by atoms with E-state index in [9.17, 15) is 9.59 Å². The molecule has 6 heteroatoms. The van der Waals surface area contributed by atoms with Crippen LogP contribution in [0.2, 0.25) is 0 Å². The smallest absolute Gasteiger partial charge is 0.294 e. The van der Waals surface area contributed by atoms with Gasteiger partial charge in [-0.1, -0.05) is 0 Å². The molecular weight excluding hydrogens is 258 g/mol. The lowest BCUT2D eigenvalue weighted by molar-refractivity contribution is -0.117. The minimum Gasteiger partial charge on any atom is -0.379 e. The Morgan fingerprint density at radius 1 is 1.40 bits per heavy atom. The van der Waals surface area contributed by atoms with Crippen molar-refractivity contribution >= 4 is 11.7 Å². The zero-order valence-corrected chi connectivity index (χ0v) is 12.0. The van der Waals surface area contributed by atoms with Gasteiger partial charge in [-0.2, -0.15) is 0 Å². The molecule has 1 aromatic rings. The van der Waals surface area contributed by atoms with Crippen LogP contribution >= 0.6 is 0 Å². The molecular formula is C14H21N3O3. The molecule has 6 nitrogen and oxygen atoms in total. The summed E-state index contributed by atoms with van der Waals surface area (Å²) in [5, 5.41) is 2.76. The minimum atomic E-state index is -0.549. The topological polar surface area (TPSA) is 63.6 Å². The Balaban J connectivity index is 1.84. The quantitative estimate of drug-likeness (QED) is 0.611. The van der Waals surface area contributed by atoms with Gasteiger partial charge >= 0.3 is 0 Å². The number of hydrogen-bond acceptors (Lipinski definition) is 4. The SMILES string of the molecule is C[C@@H](CN1CCOCC1)NC(=O)C(=O)c1cccn1C. The fraction of sp³-hybridized carbons (Fsp3) is 0.571. The first kappa shape index (κ1) is 14.7. The number of nitrogens with one attached hydrogen (secondary N) is 1. The summed E-state index contributed by atoms with van der Waals surface area (Å²) in [5.41, 5.74) is 0.404. The molecule has 0 saturated carbocycles. The molecule has 1 fully saturated rings. The van der Waals surface area contributed by atoms with Gasteiger partial charge in [0.05, 0.1) is 18.9 Å². The van der Waals surface area contributed by atoms with E-state index in [1.807, 2.05) is 6.92 Å². The highest BCUT2D eigenvalue weighted by Gasteiger charge is 2.21. The van der Waals surface area contributed by atoms with E-state index in [1.165, 1.54) is 0 Å². The number of morpholine rings is 1. The molecule has 110 valence electrons. The third kappa shape index (κ3) is 3.68. The second kappa shape index (κ2) is 6.67. The maximum atomic E-state index is 12.0. The molecule has 1 aromatic heterocycles. The van der Waals surface area contributed by atoms with Crippen LogP contribution in [0.25, 0.3) is 0 Å². The number of aromatic nitrogens is 1. The van der Waals surface area contributed by atoms with Crippen LogP contribution in [0, 0.1) is 0 Å². The lowest BCUT2D eigenvalue weighted by Crippen LogP contribution is -2.47. The van der Waals surface area contributed by atoms with Crippen molar-refractivity contribution < 1.29 is 14.3 Å². The van der Waals surface area contributed by atoms with Gasteiger partial charge in [-0.25, -0.2) is 0 Å². The number of ketones is 1. The van der Waals surface area contributed by atoms with Crippen molar-refractivity contribution in [2.75, 3.05) is 32.8 Å². The van der Waals surface area contributed by atoms with Crippen LogP contribution in [0.5, 0.6) is 0 Å². The lowest BCUT2D eigenvalue weighted by atomic mass is 10.2. The standard InChI is InChI=1S/C14H21N3O3/c1-11(10-17-6-8-20-9-7-17)15-14(19)13(18)12-4-3-5-16(12)2/h3-5,11H,6-10H2,1-2H3,(H,15,19)/t11-/m0/s1. The van der Waals surface area contributed by atoms with Crippen LogP contribution in [0.4, 0.5) is 0 Å². The highest BCUT2D eigenvalue weighted by atomic mass is 16.5. The first-order valence-corrected chi connectivity index (χ1v) is 6.84. The van der Waals surface area contributed by atoms with Gasteiger partial charge in [0.25, 0.3) is 11.7 Å². The zero-order chi connectivity index (χ0) is 14.5. The fourth-order valence-electron chi connectivity index (χ4n) is 2.32. The molecule has 1 saturated heterocycles. The molecule has 0 aromatic carbocycles. The zero-order valence-electron chi connectivity index (χ0n) is 12.0. The van der Waals surface area contributed by atoms with E-state index in [2.05, 4.69) is 10.2 Å². The molecule has 0 spiro atoms. The molecule has 1 amide bonds. The monoisotopic (exact) mass is 279 g/mol. The van der Waals surface area contributed by atoms with E-state index in [0.717, 1.165) is 32.8 Å². The Kier molecular flexibility index (Phi) is 4.92. The first-order valence-electron chi connectivity index (χ1n) is 6.84. The van der Waals surface area contributed by atoms with Crippen molar-refractivity contribution in [1.82, 2.24) is 14.8 Å². The van der Waals surface area contributed by atoms with E-state index in [4.69, 9.17) is 4.74 Å². The summed E-state index contributed by atoms with van der Waals surface area (Å²) >= 11 is 0. The Hall–Kier alpha value is -1.66. The van der Waals surface area contributed by atoms with Crippen LogP contribution in [0.15, 0.2) is 18.3 Å². The maximum absolute atomic E-state index is 12.0. The number of Topliss-reactive ketones (excluding diaryl/α,β-unsaturated/α-hetero) is 1. The molecule has 0 radical (unpaired) electrons. The van der Waals surface area contributed by atoms with Gasteiger partial charge in [0.1, 0.15) is 0 Å². The Labute approximate surface area is 118 Å². The number of aryl methyl sites for hydroxylation is 1. The summed E-state index contributed by atoms with van der Waals surface area (Å²) < 4.78 is 6.92. The van der Waals surface area contributed by atoms with Crippen molar-refractivity contribution in [1.29, 1.82) is 0 Å². The third-order valence-corrected chi connectivity index (χ3v) is 3.40. The van der Waals surface area contributed by atoms with Gasteiger partial charge < -0.3 is 14.6 Å². The number of nitrogens with zero attached hydrogens (tertiary/aromatic N) is 2. The molecule has 0 bridgehead atoms. The van der Waals surface area contributed by atoms with Crippen LogP contribution in [-0.4, -0.2) is 60.0 Å². The lowest BCUT2D eigenvalue weighted by Gasteiger charge is -2.29. The summed E-state index contributed by atoms with van der Waals surface area (Å²) in [6.07, 6.45) is 1.75. The maximum Gasteiger partial charge on any atom is 0.294 e. The molecule has 2 heterocycles. The Morgan fingerprint density at radius 2 is 2.10 bits per heavy atom. The second-order valence-electron chi connectivity index (χ2n) is 5.12. The number of rotatable bonds is 5. The predicted octanol–water partition coefficient (Wildman–Crippen LogP) is 0.0447. The normalized spacial score (nSPS) is 17.7. The molecule has 1 aliphatic rings. The molecule has 1 aliphatic heterocycles. The van der Waals surface area contributed by atoms with Crippen molar-refractivity contribution in [2.24, 2.45) is 7.05 Å². The summed E-state index contributed by atoms with van der Waals surface area (Å²) in [6, 6.07) is 3.33. The fourth-order valence-corrected chi connectivity index (χ4v) is 2.32. The van der Waals surface area contributed by atoms with Gasteiger partial charge in [-0.3, -0.25) is 14.5 Å². The van der Waals surface area contributed by atoms with E-state index in [1.54, 1.807) is 29.9 Å². The minimum absolute atomic E-state index is 0.0650. The van der Waals surface area contributed by atoms with Crippen LogP contribution in [0.3, 0.4) is 0 Å². The summed E-state index contributed by atoms with van der Waals surface area (Å²) in [6.45, 7) is 5.82. The molecule has 1 atom stereocenters. The van der Waals surface area contributed by atoms with Crippen LogP contribution in [0.1, 0.15) is 17.4 Å². The predicted molar refractivity (Wildman–Crippen MR) is 74.6 cm³/mol. The van der Waals surface area contributed by atoms with E-state index in [0.29, 0.717) is 5.69 Å². The molecule has 20 heavy (non-hydrogen) atoms. The third-order valence-electron chi connectivity index (χ3n) is 3.40. The van der Waals surface area contributed by atoms with Gasteiger partial charge in [0.15, 0.2) is 0 Å². The van der Waals surface area contributed by atoms with Crippen molar-refractivity contribution in [3.63, 3.8) is 0 Å². The molecule has 1 N–H and O–H groups in total. The van der Waals surface area contributed by atoms with Gasteiger partial charge in [-0.05, 0) is 19.1 Å². The average molecular weight is 279 g/mol. The highest BCUT2D eigenvalue weighted by Crippen LogP contribution is 2.02. The van der Waals surface area contributed by atoms with Crippen molar-refractivity contribution in [3.8, 4) is 0 Å². The van der Waals surface area contributed by atoms with Gasteiger partial charge in [-0.15, -0.1) is 0 Å². The summed E-state index contributed by atoms with van der Waals surface area (Å²) in [7, 11) is 1.75. The van der Waals surface area contributed by atoms with Crippen LogP contribution < -0.4 is 5.32 Å². The second-order valence-corrected chi connectivity index (χ2v) is 5.12. The average Bonchev–Trinajstić information content (AvgIpc) is 2.85.